The highest BCUT2D eigenvalue weighted by atomic mass is 35.5. The van der Waals surface area contributed by atoms with Gasteiger partial charge in [-0.15, -0.1) is 0 Å². The van der Waals surface area contributed by atoms with Crippen LogP contribution in [0.3, 0.4) is 0 Å². The van der Waals surface area contributed by atoms with E-state index in [-0.39, 0.29) is 32.9 Å². The van der Waals surface area contributed by atoms with Crippen molar-refractivity contribution >= 4 is 40.0 Å². The van der Waals surface area contributed by atoms with Crippen molar-refractivity contribution in [2.75, 3.05) is 5.73 Å². The predicted molar refractivity (Wildman–Crippen MR) is 143 cm³/mol. The number of carbonyl (C=O) groups excluding carboxylic acids is 2. The third-order valence-electron chi connectivity index (χ3n) is 6.84. The van der Waals surface area contributed by atoms with Crippen molar-refractivity contribution < 1.29 is 18.4 Å². The Morgan fingerprint density at radius 1 is 1.00 bits per heavy atom. The number of nitrogens with two attached hydrogens (primary N) is 1. The second-order valence-electron chi connectivity index (χ2n) is 9.50. The van der Waals surface area contributed by atoms with Crippen molar-refractivity contribution in [3.05, 3.63) is 106 Å². The molecule has 0 bridgehead atoms. The molecule has 1 aliphatic rings. The lowest BCUT2D eigenvalue weighted by molar-refractivity contribution is 0.0964. The lowest BCUT2D eigenvalue weighted by atomic mass is 10.0. The zero-order valence-electron chi connectivity index (χ0n) is 20.6. The van der Waals surface area contributed by atoms with Crippen LogP contribution in [0.1, 0.15) is 56.4 Å². The molecule has 0 amide bonds. The van der Waals surface area contributed by atoms with E-state index in [9.17, 15) is 18.4 Å². The number of anilines is 1. The molecule has 0 unspecified atom stereocenters. The molecule has 3 aromatic heterocycles. The quantitative estimate of drug-likeness (QED) is 0.212. The number of hydrogen-bond acceptors (Lipinski definition) is 6. The fourth-order valence-electron chi connectivity index (χ4n) is 4.58. The van der Waals surface area contributed by atoms with Gasteiger partial charge in [-0.2, -0.15) is 0 Å². The first kappa shape index (κ1) is 24.8. The van der Waals surface area contributed by atoms with Gasteiger partial charge in [0.2, 0.25) is 5.78 Å². The van der Waals surface area contributed by atoms with E-state index in [4.69, 9.17) is 17.3 Å². The molecule has 1 fully saturated rings. The summed E-state index contributed by atoms with van der Waals surface area (Å²) in [5.41, 5.74) is 6.44. The van der Waals surface area contributed by atoms with Gasteiger partial charge in [0.1, 0.15) is 17.3 Å². The fourth-order valence-corrected chi connectivity index (χ4v) is 4.88. The number of carbonyl (C=O) groups is 2. The minimum atomic E-state index is -1.18. The van der Waals surface area contributed by atoms with E-state index in [1.54, 1.807) is 43.6 Å². The molecule has 0 aliphatic heterocycles. The standard InChI is InChI=1S/C29H20ClF2N5O2/c1-14-3-2-4-20(30)23(14)29(39)37-13-19(26(38)24-21(31)7-8-22(33)25(24)32)18-9-16(10-36-28(18)37)17-11-34-27(35-12-17)15-5-6-15/h2-4,7-13,15H,5-6,33H2,1H3. The summed E-state index contributed by atoms with van der Waals surface area (Å²) >= 11 is 6.35. The first-order valence-corrected chi connectivity index (χ1v) is 12.5. The van der Waals surface area contributed by atoms with E-state index in [1.807, 2.05) is 0 Å². The zero-order chi connectivity index (χ0) is 27.4. The molecular weight excluding hydrogens is 524 g/mol. The molecule has 6 rings (SSSR count). The summed E-state index contributed by atoms with van der Waals surface area (Å²) in [6, 6.07) is 8.60. The van der Waals surface area contributed by atoms with E-state index in [0.29, 0.717) is 22.6 Å². The van der Waals surface area contributed by atoms with Gasteiger partial charge in [0.25, 0.3) is 5.91 Å². The van der Waals surface area contributed by atoms with Crippen LogP contribution in [0.15, 0.2) is 61.2 Å². The average molecular weight is 544 g/mol. The van der Waals surface area contributed by atoms with E-state index in [2.05, 4.69) is 15.0 Å². The van der Waals surface area contributed by atoms with Crippen LogP contribution in [0.5, 0.6) is 0 Å². The largest absolute Gasteiger partial charge is 0.396 e. The maximum atomic E-state index is 14.9. The minimum absolute atomic E-state index is 0.117. The Kier molecular flexibility index (Phi) is 5.95. The summed E-state index contributed by atoms with van der Waals surface area (Å²) in [7, 11) is 0. The molecule has 2 N–H and O–H groups in total. The Morgan fingerprint density at radius 2 is 1.72 bits per heavy atom. The van der Waals surface area contributed by atoms with Crippen LogP contribution in [0.4, 0.5) is 14.5 Å². The van der Waals surface area contributed by atoms with Crippen LogP contribution < -0.4 is 5.73 Å². The highest BCUT2D eigenvalue weighted by Gasteiger charge is 2.28. The van der Waals surface area contributed by atoms with Crippen molar-refractivity contribution in [3.63, 3.8) is 0 Å². The number of rotatable bonds is 5. The normalized spacial score (nSPS) is 13.1. The number of ketones is 1. The number of halogens is 3. The number of nitrogens with zero attached hydrogens (tertiary/aromatic N) is 4. The van der Waals surface area contributed by atoms with E-state index < -0.39 is 28.9 Å². The summed E-state index contributed by atoms with van der Waals surface area (Å²) in [5, 5.41) is 0.426. The zero-order valence-corrected chi connectivity index (χ0v) is 21.3. The number of aromatic nitrogens is 4. The number of hydrogen-bond donors (Lipinski definition) is 1. The van der Waals surface area contributed by atoms with Gasteiger partial charge in [0, 0.05) is 47.2 Å². The van der Waals surface area contributed by atoms with Crippen LogP contribution in [-0.2, 0) is 0 Å². The topological polar surface area (TPSA) is 104 Å². The van der Waals surface area contributed by atoms with Crippen molar-refractivity contribution in [1.29, 1.82) is 0 Å². The molecule has 194 valence electrons. The van der Waals surface area contributed by atoms with Gasteiger partial charge >= 0.3 is 0 Å². The van der Waals surface area contributed by atoms with Crippen molar-refractivity contribution in [1.82, 2.24) is 19.5 Å². The smallest absolute Gasteiger partial charge is 0.265 e. The minimum Gasteiger partial charge on any atom is -0.396 e. The monoisotopic (exact) mass is 543 g/mol. The van der Waals surface area contributed by atoms with Crippen LogP contribution in [0.2, 0.25) is 5.02 Å². The Bertz CT molecular complexity index is 1790. The first-order chi connectivity index (χ1) is 18.7. The molecule has 0 spiro atoms. The summed E-state index contributed by atoms with van der Waals surface area (Å²) < 4.78 is 30.8. The molecule has 7 nitrogen and oxygen atoms in total. The second-order valence-corrected chi connectivity index (χ2v) is 9.91. The fraction of sp³-hybridized carbons (Fsp3) is 0.138. The number of fused-ring (bicyclic) bond motifs is 1. The van der Waals surface area contributed by atoms with Gasteiger partial charge in [0.05, 0.1) is 27.4 Å². The highest BCUT2D eigenvalue weighted by molar-refractivity contribution is 6.34. The maximum absolute atomic E-state index is 14.9. The Labute approximate surface area is 226 Å². The molecule has 0 radical (unpaired) electrons. The summed E-state index contributed by atoms with van der Waals surface area (Å²) in [4.78, 5) is 40.6. The molecule has 0 saturated heterocycles. The van der Waals surface area contributed by atoms with E-state index >= 15 is 0 Å². The van der Waals surface area contributed by atoms with Crippen LogP contribution in [0.25, 0.3) is 22.2 Å². The molecule has 1 saturated carbocycles. The average Bonchev–Trinajstić information content (AvgIpc) is 3.71. The Morgan fingerprint density at radius 3 is 2.41 bits per heavy atom. The van der Waals surface area contributed by atoms with Gasteiger partial charge in [-0.05, 0) is 49.6 Å². The van der Waals surface area contributed by atoms with Gasteiger partial charge < -0.3 is 5.73 Å². The summed E-state index contributed by atoms with van der Waals surface area (Å²) in [6.07, 6.45) is 8.19. The van der Waals surface area contributed by atoms with Gasteiger partial charge in [0.15, 0.2) is 5.82 Å². The number of pyridine rings is 1. The molecule has 3 heterocycles. The van der Waals surface area contributed by atoms with Gasteiger partial charge in [-0.25, -0.2) is 23.7 Å². The second kappa shape index (κ2) is 9.36. The molecule has 0 atom stereocenters. The lowest BCUT2D eigenvalue weighted by Crippen LogP contribution is -2.14. The van der Waals surface area contributed by atoms with E-state index in [0.717, 1.165) is 35.4 Å². The van der Waals surface area contributed by atoms with Gasteiger partial charge in [-0.1, -0.05) is 23.7 Å². The van der Waals surface area contributed by atoms with Crippen molar-refractivity contribution in [3.8, 4) is 11.1 Å². The van der Waals surface area contributed by atoms with Crippen molar-refractivity contribution in [2.24, 2.45) is 0 Å². The maximum Gasteiger partial charge on any atom is 0.265 e. The number of nitrogen functional groups attached to an aromatic ring is 1. The number of aryl methyl sites for hydroxylation is 1. The van der Waals surface area contributed by atoms with Crippen molar-refractivity contribution in [2.45, 2.75) is 25.7 Å². The third-order valence-corrected chi connectivity index (χ3v) is 7.15. The predicted octanol–water partition coefficient (Wildman–Crippen LogP) is 6.11. The lowest BCUT2D eigenvalue weighted by Gasteiger charge is -2.09. The van der Waals surface area contributed by atoms with Crippen LogP contribution in [-0.4, -0.2) is 31.2 Å². The molecule has 5 aromatic rings. The SMILES string of the molecule is Cc1cccc(Cl)c1C(=O)n1cc(C(=O)c2c(F)ccc(N)c2F)c2cc(-c3cnc(C4CC4)nc3)cnc21. The van der Waals surface area contributed by atoms with Crippen LogP contribution >= 0.6 is 11.6 Å². The Balaban J connectivity index is 1.55. The molecule has 39 heavy (non-hydrogen) atoms. The molecule has 1 aliphatic carbocycles. The molecular formula is C29H20ClF2N5O2. The number of benzene rings is 2. The molecule has 2 aromatic carbocycles. The van der Waals surface area contributed by atoms with E-state index in [1.165, 1.54) is 12.4 Å². The third kappa shape index (κ3) is 4.24. The Hall–Kier alpha value is -4.50. The molecule has 10 heteroatoms. The first-order valence-electron chi connectivity index (χ1n) is 12.2. The highest BCUT2D eigenvalue weighted by Crippen LogP contribution is 2.38. The van der Waals surface area contributed by atoms with Gasteiger partial charge in [-0.3, -0.25) is 14.2 Å². The summed E-state index contributed by atoms with van der Waals surface area (Å²) in [6.45, 7) is 1.73. The van der Waals surface area contributed by atoms with Crippen LogP contribution in [0, 0.1) is 18.6 Å². The summed E-state index contributed by atoms with van der Waals surface area (Å²) in [5.74, 6) is -2.64.